The largest absolute Gasteiger partial charge is 0.355 e. The van der Waals surface area contributed by atoms with Gasteiger partial charge in [-0.1, -0.05) is 83.9 Å². The Labute approximate surface area is 199 Å². The zero-order chi connectivity index (χ0) is 23.1. The first-order chi connectivity index (χ1) is 16.6. The van der Waals surface area contributed by atoms with Gasteiger partial charge in [-0.3, -0.25) is 0 Å². The van der Waals surface area contributed by atoms with Gasteiger partial charge in [-0.15, -0.1) is 0 Å². The molecule has 0 aliphatic carbocycles. The van der Waals surface area contributed by atoms with Crippen molar-refractivity contribution in [3.8, 4) is 22.5 Å². The predicted octanol–water partition coefficient (Wildman–Crippen LogP) is 8.77. The Balaban J connectivity index is 1.18. The van der Waals surface area contributed by atoms with E-state index in [9.17, 15) is 0 Å². The third-order valence-corrected chi connectivity index (χ3v) is 6.46. The Kier molecular flexibility index (Phi) is 4.92. The SMILES string of the molecule is Cc1ccc2[nH]c(-c3ccc(C=Cc4ccc(-c5cc6cc(C)ccc6[nH]5)cc4)cc3)cc2c1. The molecule has 2 heterocycles. The number of aromatic amines is 2. The van der Waals surface area contributed by atoms with Gasteiger partial charge in [0.25, 0.3) is 0 Å². The summed E-state index contributed by atoms with van der Waals surface area (Å²) in [7, 11) is 0. The van der Waals surface area contributed by atoms with Gasteiger partial charge in [-0.05, 0) is 72.5 Å². The second kappa shape index (κ2) is 8.24. The quantitative estimate of drug-likeness (QED) is 0.258. The van der Waals surface area contributed by atoms with Gasteiger partial charge in [-0.2, -0.15) is 0 Å². The molecule has 0 atom stereocenters. The van der Waals surface area contributed by atoms with E-state index in [1.54, 1.807) is 0 Å². The van der Waals surface area contributed by atoms with Crippen LogP contribution in [-0.2, 0) is 0 Å². The number of aromatic nitrogens is 2. The number of rotatable bonds is 4. The van der Waals surface area contributed by atoms with Crippen molar-refractivity contribution in [3.63, 3.8) is 0 Å². The second-order valence-corrected chi connectivity index (χ2v) is 9.12. The molecule has 0 aliphatic rings. The standard InChI is InChI=1S/C32H26N2/c1-21-3-15-29-27(17-21)19-31(33-29)25-11-7-23(8-12-25)5-6-24-9-13-26(14-10-24)32-20-28-18-22(2)4-16-30(28)34-32/h3-20,33-34H,1-2H3. The minimum atomic E-state index is 1.15. The smallest absolute Gasteiger partial charge is 0.0464 e. The zero-order valence-corrected chi connectivity index (χ0v) is 19.4. The lowest BCUT2D eigenvalue weighted by Crippen LogP contribution is -1.79. The third kappa shape index (κ3) is 3.95. The lowest BCUT2D eigenvalue weighted by molar-refractivity contribution is 1.44. The van der Waals surface area contributed by atoms with E-state index in [-0.39, 0.29) is 0 Å². The average Bonchev–Trinajstić information content (AvgIpc) is 3.47. The Morgan fingerprint density at radius 1 is 0.471 bits per heavy atom. The molecule has 2 N–H and O–H groups in total. The molecule has 0 bridgehead atoms. The van der Waals surface area contributed by atoms with Crippen LogP contribution in [0.2, 0.25) is 0 Å². The number of fused-ring (bicyclic) bond motifs is 2. The first-order valence-electron chi connectivity index (χ1n) is 11.7. The molecule has 0 amide bonds. The number of hydrogen-bond donors (Lipinski definition) is 2. The molecular formula is C32H26N2. The molecule has 0 unspecified atom stereocenters. The molecule has 0 fully saturated rings. The van der Waals surface area contributed by atoms with Gasteiger partial charge in [0.05, 0.1) is 0 Å². The lowest BCUT2D eigenvalue weighted by atomic mass is 10.1. The monoisotopic (exact) mass is 438 g/mol. The zero-order valence-electron chi connectivity index (χ0n) is 19.4. The summed E-state index contributed by atoms with van der Waals surface area (Å²) in [5.74, 6) is 0. The minimum absolute atomic E-state index is 1.15. The van der Waals surface area contributed by atoms with Crippen LogP contribution >= 0.6 is 0 Å². The summed E-state index contributed by atoms with van der Waals surface area (Å²) >= 11 is 0. The van der Waals surface area contributed by atoms with Gasteiger partial charge in [0, 0.05) is 33.2 Å². The molecule has 0 radical (unpaired) electrons. The predicted molar refractivity (Wildman–Crippen MR) is 146 cm³/mol. The molecule has 0 saturated carbocycles. The molecular weight excluding hydrogens is 412 g/mol. The van der Waals surface area contributed by atoms with Crippen molar-refractivity contribution in [2.75, 3.05) is 0 Å². The van der Waals surface area contributed by atoms with Gasteiger partial charge in [0.2, 0.25) is 0 Å². The summed E-state index contributed by atoms with van der Waals surface area (Å²) in [5.41, 5.74) is 12.0. The highest BCUT2D eigenvalue weighted by molar-refractivity contribution is 5.87. The van der Waals surface area contributed by atoms with E-state index in [4.69, 9.17) is 0 Å². The van der Waals surface area contributed by atoms with E-state index in [2.05, 4.69) is 133 Å². The number of aryl methyl sites for hydroxylation is 2. The highest BCUT2D eigenvalue weighted by atomic mass is 14.7. The summed E-state index contributed by atoms with van der Waals surface area (Å²) in [5, 5.41) is 2.51. The molecule has 6 aromatic rings. The summed E-state index contributed by atoms with van der Waals surface area (Å²) in [6.45, 7) is 4.26. The molecule has 2 heteroatoms. The minimum Gasteiger partial charge on any atom is -0.355 e. The Morgan fingerprint density at radius 2 is 0.882 bits per heavy atom. The van der Waals surface area contributed by atoms with E-state index in [0.717, 1.165) is 11.4 Å². The maximum atomic E-state index is 3.53. The number of benzene rings is 4. The normalized spacial score (nSPS) is 11.7. The summed E-state index contributed by atoms with van der Waals surface area (Å²) in [6.07, 6.45) is 4.33. The fourth-order valence-electron chi connectivity index (χ4n) is 4.56. The molecule has 34 heavy (non-hydrogen) atoms. The van der Waals surface area contributed by atoms with Crippen LogP contribution in [0, 0.1) is 13.8 Å². The van der Waals surface area contributed by atoms with E-state index < -0.39 is 0 Å². The van der Waals surface area contributed by atoms with E-state index in [1.807, 2.05) is 0 Å². The fourth-order valence-corrected chi connectivity index (χ4v) is 4.56. The lowest BCUT2D eigenvalue weighted by Gasteiger charge is -2.01. The molecule has 0 saturated heterocycles. The van der Waals surface area contributed by atoms with Crippen LogP contribution in [0.5, 0.6) is 0 Å². The van der Waals surface area contributed by atoms with Gasteiger partial charge in [0.1, 0.15) is 0 Å². The highest BCUT2D eigenvalue weighted by Crippen LogP contribution is 2.27. The Morgan fingerprint density at radius 3 is 1.29 bits per heavy atom. The number of hydrogen-bond acceptors (Lipinski definition) is 0. The summed E-state index contributed by atoms with van der Waals surface area (Å²) in [4.78, 5) is 7.05. The van der Waals surface area contributed by atoms with Gasteiger partial charge < -0.3 is 9.97 Å². The van der Waals surface area contributed by atoms with Crippen LogP contribution in [0.25, 0.3) is 56.5 Å². The number of H-pyrrole nitrogens is 2. The Bertz CT molecular complexity index is 1520. The van der Waals surface area contributed by atoms with Crippen LogP contribution in [0.4, 0.5) is 0 Å². The van der Waals surface area contributed by atoms with Crippen LogP contribution in [-0.4, -0.2) is 9.97 Å². The van der Waals surface area contributed by atoms with Crippen LogP contribution in [0.3, 0.4) is 0 Å². The topological polar surface area (TPSA) is 31.6 Å². The van der Waals surface area contributed by atoms with Crippen molar-refractivity contribution in [1.82, 2.24) is 9.97 Å². The molecule has 4 aromatic carbocycles. The highest BCUT2D eigenvalue weighted by Gasteiger charge is 2.05. The maximum absolute atomic E-state index is 3.53. The van der Waals surface area contributed by atoms with E-state index in [1.165, 1.54) is 55.2 Å². The second-order valence-electron chi connectivity index (χ2n) is 9.12. The van der Waals surface area contributed by atoms with Gasteiger partial charge in [-0.25, -0.2) is 0 Å². The van der Waals surface area contributed by atoms with Crippen molar-refractivity contribution in [1.29, 1.82) is 0 Å². The van der Waals surface area contributed by atoms with Crippen molar-refractivity contribution in [2.45, 2.75) is 13.8 Å². The molecule has 164 valence electrons. The maximum Gasteiger partial charge on any atom is 0.0464 e. The van der Waals surface area contributed by atoms with Crippen molar-refractivity contribution in [3.05, 3.63) is 119 Å². The van der Waals surface area contributed by atoms with Gasteiger partial charge >= 0.3 is 0 Å². The summed E-state index contributed by atoms with van der Waals surface area (Å²) < 4.78 is 0. The van der Waals surface area contributed by atoms with Crippen molar-refractivity contribution in [2.24, 2.45) is 0 Å². The summed E-state index contributed by atoms with van der Waals surface area (Å²) in [6, 6.07) is 34.9. The number of nitrogens with one attached hydrogen (secondary N) is 2. The third-order valence-electron chi connectivity index (χ3n) is 6.46. The van der Waals surface area contributed by atoms with E-state index >= 15 is 0 Å². The molecule has 2 aromatic heterocycles. The van der Waals surface area contributed by atoms with Crippen LogP contribution in [0.1, 0.15) is 22.3 Å². The molecule has 2 nitrogen and oxygen atoms in total. The van der Waals surface area contributed by atoms with Crippen molar-refractivity contribution < 1.29 is 0 Å². The first-order valence-corrected chi connectivity index (χ1v) is 11.7. The molecule has 0 aliphatic heterocycles. The Hall–Kier alpha value is -4.30. The van der Waals surface area contributed by atoms with Crippen LogP contribution < -0.4 is 0 Å². The first kappa shape index (κ1) is 20.3. The average molecular weight is 439 g/mol. The fraction of sp³-hybridized carbons (Fsp3) is 0.0625. The van der Waals surface area contributed by atoms with E-state index in [0.29, 0.717) is 0 Å². The van der Waals surface area contributed by atoms with Crippen molar-refractivity contribution >= 4 is 34.0 Å². The molecule has 0 spiro atoms. The van der Waals surface area contributed by atoms with Crippen LogP contribution in [0.15, 0.2) is 97.1 Å². The van der Waals surface area contributed by atoms with Gasteiger partial charge in [0.15, 0.2) is 0 Å². The molecule has 6 rings (SSSR count).